The van der Waals surface area contributed by atoms with Crippen molar-refractivity contribution in [3.8, 4) is 0 Å². The number of aryl methyl sites for hydroxylation is 1. The van der Waals surface area contributed by atoms with E-state index in [-0.39, 0.29) is 24.2 Å². The molecule has 4 nitrogen and oxygen atoms in total. The molecule has 122 valence electrons. The fourth-order valence-electron chi connectivity index (χ4n) is 3.08. The van der Waals surface area contributed by atoms with Crippen LogP contribution in [0.1, 0.15) is 42.7 Å². The zero-order valence-corrected chi connectivity index (χ0v) is 14.2. The van der Waals surface area contributed by atoms with Crippen molar-refractivity contribution in [3.63, 3.8) is 0 Å². The van der Waals surface area contributed by atoms with Crippen molar-refractivity contribution in [2.75, 3.05) is 6.54 Å². The van der Waals surface area contributed by atoms with Crippen LogP contribution in [-0.4, -0.2) is 23.2 Å². The number of amides is 1. The first-order chi connectivity index (χ1) is 11.1. The van der Waals surface area contributed by atoms with Crippen molar-refractivity contribution < 1.29 is 9.59 Å². The number of hydrogen-bond donors (Lipinski definition) is 1. The summed E-state index contributed by atoms with van der Waals surface area (Å²) in [5, 5.41) is 3.63. The zero-order chi connectivity index (χ0) is 16.2. The van der Waals surface area contributed by atoms with Gasteiger partial charge in [0, 0.05) is 5.92 Å². The second-order valence-corrected chi connectivity index (χ2v) is 7.46. The van der Waals surface area contributed by atoms with E-state index in [0.29, 0.717) is 6.42 Å². The molecule has 1 aliphatic carbocycles. The molecule has 1 aromatic carbocycles. The van der Waals surface area contributed by atoms with Gasteiger partial charge in [0.15, 0.2) is 5.78 Å². The van der Waals surface area contributed by atoms with Crippen molar-refractivity contribution >= 4 is 33.2 Å². The number of nitrogens with one attached hydrogen (secondary N) is 1. The highest BCUT2D eigenvalue weighted by molar-refractivity contribution is 7.18. The summed E-state index contributed by atoms with van der Waals surface area (Å²) in [6.07, 6.45) is 5.67. The average molecular weight is 330 g/mol. The number of thiazole rings is 1. The molecule has 1 aliphatic rings. The number of carbonyl (C=O) groups is 2. The first kappa shape index (κ1) is 16.1. The standard InChI is InChI=1S/C18H22N2O2S/c1-12-7-8-15-16(9-12)23-17(20-15)10-14(21)11-19-18(22)13-5-3-2-4-6-13/h7-9,13H,2-6,10-11H2,1H3,(H,19,22). The van der Waals surface area contributed by atoms with Crippen LogP contribution in [-0.2, 0) is 16.0 Å². The minimum absolute atomic E-state index is 0.0185. The molecule has 0 aliphatic heterocycles. The lowest BCUT2D eigenvalue weighted by atomic mass is 9.88. The van der Waals surface area contributed by atoms with Gasteiger partial charge in [0.05, 0.1) is 23.2 Å². The van der Waals surface area contributed by atoms with E-state index in [1.165, 1.54) is 12.0 Å². The molecule has 0 radical (unpaired) electrons. The van der Waals surface area contributed by atoms with Gasteiger partial charge in [-0.25, -0.2) is 4.98 Å². The van der Waals surface area contributed by atoms with Crippen LogP contribution in [0.15, 0.2) is 18.2 Å². The van der Waals surface area contributed by atoms with E-state index in [4.69, 9.17) is 0 Å². The normalized spacial score (nSPS) is 15.7. The second-order valence-electron chi connectivity index (χ2n) is 6.35. The smallest absolute Gasteiger partial charge is 0.223 e. The van der Waals surface area contributed by atoms with E-state index in [2.05, 4.69) is 16.4 Å². The summed E-state index contributed by atoms with van der Waals surface area (Å²) in [4.78, 5) is 28.6. The van der Waals surface area contributed by atoms with E-state index in [0.717, 1.165) is 40.9 Å². The average Bonchev–Trinajstić information content (AvgIpc) is 2.94. The first-order valence-electron chi connectivity index (χ1n) is 8.27. The van der Waals surface area contributed by atoms with Gasteiger partial charge in [-0.2, -0.15) is 0 Å². The molecule has 1 N–H and O–H groups in total. The lowest BCUT2D eigenvalue weighted by molar-refractivity contribution is -0.128. The number of benzene rings is 1. The summed E-state index contributed by atoms with van der Waals surface area (Å²) < 4.78 is 1.11. The largest absolute Gasteiger partial charge is 0.349 e. The summed E-state index contributed by atoms with van der Waals surface area (Å²) in [7, 11) is 0. The predicted octanol–water partition coefficient (Wildman–Crippen LogP) is 3.41. The van der Waals surface area contributed by atoms with Crippen LogP contribution in [0.4, 0.5) is 0 Å². The van der Waals surface area contributed by atoms with Crippen LogP contribution in [0.3, 0.4) is 0 Å². The van der Waals surface area contributed by atoms with Crippen molar-refractivity contribution in [1.82, 2.24) is 10.3 Å². The van der Waals surface area contributed by atoms with Crippen LogP contribution in [0, 0.1) is 12.8 Å². The van der Waals surface area contributed by atoms with Crippen LogP contribution in [0.5, 0.6) is 0 Å². The Morgan fingerprint density at radius 3 is 2.83 bits per heavy atom. The molecule has 0 saturated heterocycles. The fraction of sp³-hybridized carbons (Fsp3) is 0.500. The van der Waals surface area contributed by atoms with Gasteiger partial charge >= 0.3 is 0 Å². The molecule has 0 atom stereocenters. The van der Waals surface area contributed by atoms with E-state index in [1.807, 2.05) is 19.1 Å². The van der Waals surface area contributed by atoms with Crippen molar-refractivity contribution in [3.05, 3.63) is 28.8 Å². The molecule has 1 saturated carbocycles. The Bertz CT molecular complexity index is 717. The summed E-state index contributed by atoms with van der Waals surface area (Å²) >= 11 is 1.56. The van der Waals surface area contributed by atoms with Gasteiger partial charge in [0.1, 0.15) is 5.01 Å². The molecule has 3 rings (SSSR count). The molecular weight excluding hydrogens is 308 g/mol. The molecule has 1 amide bonds. The van der Waals surface area contributed by atoms with E-state index in [9.17, 15) is 9.59 Å². The molecule has 1 fully saturated rings. The molecule has 0 unspecified atom stereocenters. The number of nitrogens with zero attached hydrogens (tertiary/aromatic N) is 1. The van der Waals surface area contributed by atoms with Crippen molar-refractivity contribution in [2.45, 2.75) is 45.4 Å². The van der Waals surface area contributed by atoms with Gasteiger partial charge < -0.3 is 5.32 Å². The van der Waals surface area contributed by atoms with Crippen LogP contribution in [0.25, 0.3) is 10.2 Å². The van der Waals surface area contributed by atoms with Gasteiger partial charge in [-0.1, -0.05) is 25.3 Å². The van der Waals surface area contributed by atoms with E-state index < -0.39 is 0 Å². The van der Waals surface area contributed by atoms with Crippen LogP contribution < -0.4 is 5.32 Å². The predicted molar refractivity (Wildman–Crippen MR) is 92.7 cm³/mol. The summed E-state index contributed by atoms with van der Waals surface area (Å²) in [6.45, 7) is 2.16. The summed E-state index contributed by atoms with van der Waals surface area (Å²) in [6, 6.07) is 6.10. The molecule has 5 heteroatoms. The summed E-state index contributed by atoms with van der Waals surface area (Å²) in [5.74, 6) is 0.157. The quantitative estimate of drug-likeness (QED) is 0.914. The number of Topliss-reactive ketones (excluding diaryl/α,β-unsaturated/α-hetero) is 1. The molecule has 1 heterocycles. The third-order valence-electron chi connectivity index (χ3n) is 4.37. The Hall–Kier alpha value is -1.75. The van der Waals surface area contributed by atoms with E-state index >= 15 is 0 Å². The van der Waals surface area contributed by atoms with Gasteiger partial charge in [0.25, 0.3) is 0 Å². The van der Waals surface area contributed by atoms with E-state index in [1.54, 1.807) is 11.3 Å². The molecule has 0 bridgehead atoms. The Labute approximate surface area is 140 Å². The molecule has 1 aromatic heterocycles. The number of carbonyl (C=O) groups excluding carboxylic acids is 2. The van der Waals surface area contributed by atoms with Gasteiger partial charge in [0.2, 0.25) is 5.91 Å². The van der Waals surface area contributed by atoms with Crippen LogP contribution >= 0.6 is 11.3 Å². The van der Waals surface area contributed by atoms with Gasteiger partial charge in [-0.05, 0) is 37.5 Å². The highest BCUT2D eigenvalue weighted by Gasteiger charge is 2.21. The second kappa shape index (κ2) is 7.21. The third kappa shape index (κ3) is 4.16. The lowest BCUT2D eigenvalue weighted by Crippen LogP contribution is -2.35. The lowest BCUT2D eigenvalue weighted by Gasteiger charge is -2.20. The Morgan fingerprint density at radius 2 is 2.04 bits per heavy atom. The monoisotopic (exact) mass is 330 g/mol. The Balaban J connectivity index is 1.52. The minimum atomic E-state index is 0.0185. The number of aromatic nitrogens is 1. The summed E-state index contributed by atoms with van der Waals surface area (Å²) in [5.41, 5.74) is 2.13. The van der Waals surface area contributed by atoms with Gasteiger partial charge in [-0.3, -0.25) is 9.59 Å². The third-order valence-corrected chi connectivity index (χ3v) is 5.39. The molecule has 2 aromatic rings. The van der Waals surface area contributed by atoms with Crippen molar-refractivity contribution in [2.24, 2.45) is 5.92 Å². The zero-order valence-electron chi connectivity index (χ0n) is 13.4. The van der Waals surface area contributed by atoms with Crippen molar-refractivity contribution in [1.29, 1.82) is 0 Å². The minimum Gasteiger partial charge on any atom is -0.349 e. The molecule has 23 heavy (non-hydrogen) atoms. The molecule has 0 spiro atoms. The number of fused-ring (bicyclic) bond motifs is 1. The highest BCUT2D eigenvalue weighted by Crippen LogP contribution is 2.24. The maximum absolute atomic E-state index is 12.1. The first-order valence-corrected chi connectivity index (χ1v) is 9.09. The number of rotatable bonds is 5. The molecular formula is C18H22N2O2S. The fourth-order valence-corrected chi connectivity index (χ4v) is 4.18. The Morgan fingerprint density at radius 1 is 1.26 bits per heavy atom. The van der Waals surface area contributed by atoms with Gasteiger partial charge in [-0.15, -0.1) is 11.3 Å². The number of ketones is 1. The maximum atomic E-state index is 12.1. The maximum Gasteiger partial charge on any atom is 0.223 e. The topological polar surface area (TPSA) is 59.1 Å². The van der Waals surface area contributed by atoms with Crippen LogP contribution in [0.2, 0.25) is 0 Å². The SMILES string of the molecule is Cc1ccc2nc(CC(=O)CNC(=O)C3CCCCC3)sc2c1. The number of hydrogen-bond acceptors (Lipinski definition) is 4. The highest BCUT2D eigenvalue weighted by atomic mass is 32.1. The Kier molecular flexibility index (Phi) is 5.06.